The Bertz CT molecular complexity index is 1870. The molecule has 0 amide bonds. The van der Waals surface area contributed by atoms with Gasteiger partial charge in [-0.3, -0.25) is 4.90 Å². The van der Waals surface area contributed by atoms with Crippen LogP contribution in [0.5, 0.6) is 0 Å². The summed E-state index contributed by atoms with van der Waals surface area (Å²) in [5.41, 5.74) is 11.2. The van der Waals surface area contributed by atoms with Gasteiger partial charge in [0.25, 0.3) is 0 Å². The summed E-state index contributed by atoms with van der Waals surface area (Å²) in [6.45, 7) is 15.8. The number of benzene rings is 3. The van der Waals surface area contributed by atoms with Crippen LogP contribution in [-0.4, -0.2) is 116 Å². The lowest BCUT2D eigenvalue weighted by Crippen LogP contribution is -2.44. The number of carbonyl (C=O) groups excluding carboxylic acids is 2. The van der Waals surface area contributed by atoms with E-state index in [1.807, 2.05) is 26.9 Å². The Labute approximate surface area is 334 Å². The van der Waals surface area contributed by atoms with E-state index in [0.29, 0.717) is 36.2 Å². The van der Waals surface area contributed by atoms with Crippen LogP contribution in [0, 0.1) is 13.8 Å². The Morgan fingerprint density at radius 2 is 1.45 bits per heavy atom. The number of esters is 2. The van der Waals surface area contributed by atoms with Gasteiger partial charge < -0.3 is 33.5 Å². The molecular formula is C45H60BN3O7. The fourth-order valence-electron chi connectivity index (χ4n) is 9.63. The van der Waals surface area contributed by atoms with Crippen molar-refractivity contribution in [2.45, 2.75) is 90.4 Å². The molecule has 0 aromatic heterocycles. The fourth-order valence-corrected chi connectivity index (χ4v) is 9.63. The average molecular weight is 766 g/mol. The molecule has 4 aliphatic rings. The maximum atomic E-state index is 14.3. The molecule has 7 rings (SSSR count). The number of rotatable bonds is 12. The minimum Gasteiger partial charge on any atom is -0.465 e. The molecule has 3 heterocycles. The minimum absolute atomic E-state index is 0.167. The van der Waals surface area contributed by atoms with Gasteiger partial charge in [0.1, 0.15) is 14.5 Å². The number of hydrogen-bond donors (Lipinski definition) is 0. The van der Waals surface area contributed by atoms with E-state index in [4.69, 9.17) is 23.7 Å². The lowest BCUT2D eigenvalue weighted by atomic mass is 9.89. The second-order valence-corrected chi connectivity index (χ2v) is 15.9. The average Bonchev–Trinajstić information content (AvgIpc) is 3.66. The summed E-state index contributed by atoms with van der Waals surface area (Å²) in [5.74, 6) is -0.649. The van der Waals surface area contributed by atoms with Gasteiger partial charge in [-0.1, -0.05) is 29.7 Å². The molecule has 3 saturated heterocycles. The highest BCUT2D eigenvalue weighted by Crippen LogP contribution is 2.40. The van der Waals surface area contributed by atoms with Gasteiger partial charge in [0.05, 0.1) is 37.6 Å². The van der Waals surface area contributed by atoms with E-state index in [9.17, 15) is 9.59 Å². The fraction of sp³-hybridized carbons (Fsp3) is 0.556. The van der Waals surface area contributed by atoms with Crippen LogP contribution in [0.3, 0.4) is 0 Å². The summed E-state index contributed by atoms with van der Waals surface area (Å²) in [5, 5.41) is 0. The van der Waals surface area contributed by atoms with Crippen LogP contribution in [0.1, 0.15) is 95.0 Å². The Balaban J connectivity index is 1.13. The summed E-state index contributed by atoms with van der Waals surface area (Å²) >= 11 is 0. The van der Waals surface area contributed by atoms with Crippen LogP contribution >= 0.6 is 0 Å². The zero-order valence-electron chi connectivity index (χ0n) is 34.4. The van der Waals surface area contributed by atoms with Crippen LogP contribution < -0.4 is 15.3 Å². The van der Waals surface area contributed by atoms with Gasteiger partial charge >= 0.3 is 11.9 Å². The van der Waals surface area contributed by atoms with E-state index in [1.54, 1.807) is 0 Å². The van der Waals surface area contributed by atoms with E-state index < -0.39 is 0 Å². The highest BCUT2D eigenvalue weighted by molar-refractivity contribution is 6.33. The van der Waals surface area contributed by atoms with Gasteiger partial charge in [-0.15, -0.1) is 0 Å². The summed E-state index contributed by atoms with van der Waals surface area (Å²) in [4.78, 5) is 34.3. The van der Waals surface area contributed by atoms with E-state index in [0.717, 1.165) is 124 Å². The van der Waals surface area contributed by atoms with Crippen LogP contribution in [0.2, 0.25) is 0 Å². The second-order valence-electron chi connectivity index (χ2n) is 15.9. The normalized spacial score (nSPS) is 21.7. The Morgan fingerprint density at radius 3 is 2.16 bits per heavy atom. The number of methoxy groups -OCH3 is 1. The number of ether oxygens (including phenoxy) is 5. The molecule has 56 heavy (non-hydrogen) atoms. The third-order valence-corrected chi connectivity index (χ3v) is 12.7. The van der Waals surface area contributed by atoms with Gasteiger partial charge in [-0.2, -0.15) is 0 Å². The molecule has 0 N–H and O–H groups in total. The Hall–Kier alpha value is -3.90. The molecule has 3 unspecified atom stereocenters. The van der Waals surface area contributed by atoms with E-state index in [-0.39, 0.29) is 30.7 Å². The van der Waals surface area contributed by atoms with Crippen molar-refractivity contribution in [3.63, 3.8) is 0 Å². The number of nitrogens with zero attached hydrogens (tertiary/aromatic N) is 3. The molecule has 0 spiro atoms. The van der Waals surface area contributed by atoms with Crippen molar-refractivity contribution in [2.24, 2.45) is 0 Å². The first-order chi connectivity index (χ1) is 27.2. The van der Waals surface area contributed by atoms with Crippen molar-refractivity contribution in [3.8, 4) is 11.1 Å². The number of anilines is 2. The highest BCUT2D eigenvalue weighted by atomic mass is 16.6. The van der Waals surface area contributed by atoms with Gasteiger partial charge in [-0.25, -0.2) is 9.59 Å². The quantitative estimate of drug-likeness (QED) is 0.172. The number of carbonyl (C=O) groups is 2. The van der Waals surface area contributed by atoms with Crippen molar-refractivity contribution < 1.29 is 33.3 Å². The summed E-state index contributed by atoms with van der Waals surface area (Å²) in [7, 11) is 3.43. The first-order valence-corrected chi connectivity index (χ1v) is 20.9. The predicted molar refractivity (Wildman–Crippen MR) is 224 cm³/mol. The summed E-state index contributed by atoms with van der Waals surface area (Å²) < 4.78 is 28.9. The van der Waals surface area contributed by atoms with Gasteiger partial charge in [0.15, 0.2) is 0 Å². The van der Waals surface area contributed by atoms with E-state index in [1.165, 1.54) is 18.2 Å². The standard InChI is InChI=1S/C45H60BN3O7/c1-6-48(35-12-17-53-18-13-35)42-24-33(31-8-10-38-32(22-31)9-11-41(38)47-15-20-54-21-16-47)23-39(29(42)3)45(51)56-28-37-27-36(14-19-55-37)49(7-2)43-26-34(46)25-40(30(43)4)44(50)52-5/h8,10,22-26,35-37,41H,6-7,9,11-21,27-28,46H2,1-5H3. The topological polar surface area (TPSA) is 90.0 Å². The number of hydrogen-bond acceptors (Lipinski definition) is 10. The molecule has 1 aliphatic carbocycles. The van der Waals surface area contributed by atoms with Crippen molar-refractivity contribution in [3.05, 3.63) is 75.8 Å². The predicted octanol–water partition coefficient (Wildman–Crippen LogP) is 5.57. The Kier molecular flexibility index (Phi) is 13.1. The molecule has 0 radical (unpaired) electrons. The van der Waals surface area contributed by atoms with Gasteiger partial charge in [0, 0.05) is 75.5 Å². The van der Waals surface area contributed by atoms with Crippen molar-refractivity contribution >= 4 is 36.6 Å². The summed E-state index contributed by atoms with van der Waals surface area (Å²) in [6.07, 6.45) is 5.40. The molecular weight excluding hydrogens is 705 g/mol. The number of aryl methyl sites for hydroxylation is 1. The molecule has 3 aromatic rings. The second kappa shape index (κ2) is 18.1. The van der Waals surface area contributed by atoms with E-state index in [2.05, 4.69) is 65.8 Å². The minimum atomic E-state index is -0.328. The molecule has 10 nitrogen and oxygen atoms in total. The van der Waals surface area contributed by atoms with Gasteiger partial charge in [-0.05, 0) is 118 Å². The maximum Gasteiger partial charge on any atom is 0.338 e. The maximum absolute atomic E-state index is 14.3. The first kappa shape index (κ1) is 40.3. The lowest BCUT2D eigenvalue weighted by Gasteiger charge is -2.39. The smallest absolute Gasteiger partial charge is 0.338 e. The van der Waals surface area contributed by atoms with Crippen LogP contribution in [0.15, 0.2) is 42.5 Å². The first-order valence-electron chi connectivity index (χ1n) is 20.9. The molecule has 300 valence electrons. The molecule has 3 atom stereocenters. The molecule has 3 fully saturated rings. The van der Waals surface area contributed by atoms with Crippen LogP contribution in [0.4, 0.5) is 11.4 Å². The van der Waals surface area contributed by atoms with Crippen LogP contribution in [0.25, 0.3) is 11.1 Å². The lowest BCUT2D eigenvalue weighted by molar-refractivity contribution is -0.0359. The van der Waals surface area contributed by atoms with E-state index >= 15 is 0 Å². The zero-order valence-corrected chi connectivity index (χ0v) is 34.4. The number of fused-ring (bicyclic) bond motifs is 1. The monoisotopic (exact) mass is 765 g/mol. The third kappa shape index (κ3) is 8.52. The molecule has 0 saturated carbocycles. The zero-order chi connectivity index (χ0) is 39.3. The van der Waals surface area contributed by atoms with Crippen molar-refractivity contribution in [1.29, 1.82) is 0 Å². The third-order valence-electron chi connectivity index (χ3n) is 12.7. The molecule has 3 aliphatic heterocycles. The van der Waals surface area contributed by atoms with Gasteiger partial charge in [0.2, 0.25) is 0 Å². The number of morpholine rings is 1. The SMILES string of the molecule is Bc1cc(C(=O)OC)c(C)c(N(CC)C2CCOC(COC(=O)c3cc(-c4ccc5c(c4)CCC5N4CCOCC4)cc(N(CC)C4CCOCC4)c3C)C2)c1. The Morgan fingerprint density at radius 1 is 0.786 bits per heavy atom. The van der Waals surface area contributed by atoms with Crippen molar-refractivity contribution in [2.75, 3.05) is 82.7 Å². The summed E-state index contributed by atoms with van der Waals surface area (Å²) in [6, 6.07) is 16.2. The van der Waals surface area contributed by atoms with Crippen LogP contribution in [-0.2, 0) is 30.1 Å². The van der Waals surface area contributed by atoms with Crippen molar-refractivity contribution in [1.82, 2.24) is 4.90 Å². The highest BCUT2D eigenvalue weighted by Gasteiger charge is 2.32. The molecule has 0 bridgehead atoms. The molecule has 3 aromatic carbocycles. The molecule has 11 heteroatoms. The largest absolute Gasteiger partial charge is 0.465 e.